The van der Waals surface area contributed by atoms with Crippen molar-refractivity contribution in [3.63, 3.8) is 0 Å². The average molecular weight is 435 g/mol. The number of carbonyl (C=O) groups excluding carboxylic acids is 3. The number of hydrogen-bond donors (Lipinski definition) is 7. The van der Waals surface area contributed by atoms with Gasteiger partial charge in [0.15, 0.2) is 18.7 Å². The molecule has 0 aromatic heterocycles. The second-order valence-electron chi connectivity index (χ2n) is 7.47. The Bertz CT molecular complexity index is 649. The predicted octanol–water partition coefficient (Wildman–Crippen LogP) is -4.34. The first-order chi connectivity index (χ1) is 14.0. The van der Waals surface area contributed by atoms with Gasteiger partial charge >= 0.3 is 0 Å². The van der Waals surface area contributed by atoms with Crippen molar-refractivity contribution in [1.82, 2.24) is 10.6 Å². The predicted molar refractivity (Wildman–Crippen MR) is 97.1 cm³/mol. The number of carbonyl (C=O) groups is 3. The Morgan fingerprint density at radius 1 is 1.00 bits per heavy atom. The quantitative estimate of drug-likeness (QED) is 0.213. The van der Waals surface area contributed by atoms with E-state index in [0.29, 0.717) is 0 Å². The molecular formula is C17H29N3O10. The van der Waals surface area contributed by atoms with E-state index in [0.717, 1.165) is 0 Å². The van der Waals surface area contributed by atoms with Gasteiger partial charge in [-0.1, -0.05) is 6.92 Å². The number of nitrogens with two attached hydrogens (primary N) is 1. The van der Waals surface area contributed by atoms with Crippen LogP contribution in [-0.2, 0) is 28.6 Å². The van der Waals surface area contributed by atoms with Crippen molar-refractivity contribution in [2.45, 2.75) is 76.0 Å². The van der Waals surface area contributed by atoms with Crippen molar-refractivity contribution in [2.24, 2.45) is 11.7 Å². The Hall–Kier alpha value is -1.87. The summed E-state index contributed by atoms with van der Waals surface area (Å²) in [6.07, 6.45) is -9.70. The van der Waals surface area contributed by atoms with Gasteiger partial charge in [-0.2, -0.15) is 0 Å². The van der Waals surface area contributed by atoms with Crippen LogP contribution in [0.25, 0.3) is 0 Å². The topological polar surface area (TPSA) is 210 Å². The first-order valence-corrected chi connectivity index (χ1v) is 9.42. The van der Waals surface area contributed by atoms with Gasteiger partial charge in [-0.25, -0.2) is 0 Å². The summed E-state index contributed by atoms with van der Waals surface area (Å²) < 4.78 is 16.4. The van der Waals surface area contributed by atoms with Crippen LogP contribution >= 0.6 is 0 Å². The van der Waals surface area contributed by atoms with Crippen LogP contribution in [0.3, 0.4) is 0 Å². The zero-order chi connectivity index (χ0) is 22.7. The third-order valence-corrected chi connectivity index (χ3v) is 5.16. The van der Waals surface area contributed by atoms with Crippen molar-refractivity contribution in [1.29, 1.82) is 0 Å². The van der Waals surface area contributed by atoms with Gasteiger partial charge in [0.2, 0.25) is 17.7 Å². The molecule has 172 valence electrons. The lowest BCUT2D eigenvalue weighted by molar-refractivity contribution is -0.327. The highest BCUT2D eigenvalue weighted by Gasteiger charge is 2.51. The molecule has 0 bridgehead atoms. The minimum atomic E-state index is -1.68. The molecule has 13 heteroatoms. The van der Waals surface area contributed by atoms with E-state index in [-0.39, 0.29) is 0 Å². The maximum Gasteiger partial charge on any atom is 0.249 e. The van der Waals surface area contributed by atoms with Crippen molar-refractivity contribution < 1.29 is 49.0 Å². The van der Waals surface area contributed by atoms with Gasteiger partial charge in [0, 0.05) is 19.8 Å². The van der Waals surface area contributed by atoms with E-state index in [1.54, 1.807) is 0 Å². The smallest absolute Gasteiger partial charge is 0.249 e. The number of nitrogens with one attached hydrogen (secondary N) is 2. The van der Waals surface area contributed by atoms with Crippen LogP contribution in [0.5, 0.6) is 0 Å². The van der Waals surface area contributed by atoms with E-state index in [1.165, 1.54) is 20.8 Å². The first kappa shape index (κ1) is 24.4. The van der Waals surface area contributed by atoms with Gasteiger partial charge < -0.3 is 51.0 Å². The number of hydrogen-bond acceptors (Lipinski definition) is 10. The molecule has 2 heterocycles. The summed E-state index contributed by atoms with van der Waals surface area (Å²) in [6, 6.07) is -2.21. The van der Waals surface area contributed by atoms with Crippen LogP contribution in [0.15, 0.2) is 0 Å². The SMILES string of the molecule is CC(=O)NC1C(OC2C(O)OC(C(N)=O)C(O)C2C)OC(CO)C(O)C1NC(C)=O. The van der Waals surface area contributed by atoms with Gasteiger partial charge in [-0.3, -0.25) is 14.4 Å². The maximum absolute atomic E-state index is 11.7. The highest BCUT2D eigenvalue weighted by molar-refractivity contribution is 5.79. The summed E-state index contributed by atoms with van der Waals surface area (Å²) >= 11 is 0. The summed E-state index contributed by atoms with van der Waals surface area (Å²) in [7, 11) is 0. The van der Waals surface area contributed by atoms with Crippen molar-refractivity contribution in [2.75, 3.05) is 6.61 Å². The van der Waals surface area contributed by atoms with E-state index < -0.39 is 85.4 Å². The molecule has 2 aliphatic heterocycles. The molecule has 0 saturated carbocycles. The molecule has 2 fully saturated rings. The lowest BCUT2D eigenvalue weighted by atomic mass is 9.89. The summed E-state index contributed by atoms with van der Waals surface area (Å²) in [5.74, 6) is -2.86. The molecule has 13 nitrogen and oxygen atoms in total. The Balaban J connectivity index is 2.30. The third kappa shape index (κ3) is 5.24. The van der Waals surface area contributed by atoms with E-state index >= 15 is 0 Å². The van der Waals surface area contributed by atoms with Crippen molar-refractivity contribution in [3.8, 4) is 0 Å². The standard InChI is InChI=1S/C17H29N3O10/c1-5-11(24)14(15(18)26)29-16(27)13(5)30-17-10(20-7(3)23)9(19-6(2)22)12(25)8(4-21)28-17/h5,8-14,16-17,21,24-25,27H,4H2,1-3H3,(H2,18,26)(H,19,22)(H,20,23). The largest absolute Gasteiger partial charge is 0.394 e. The fourth-order valence-corrected chi connectivity index (χ4v) is 3.64. The van der Waals surface area contributed by atoms with Gasteiger partial charge in [0.25, 0.3) is 0 Å². The first-order valence-electron chi connectivity index (χ1n) is 9.42. The average Bonchev–Trinajstić information content (AvgIpc) is 2.65. The fourth-order valence-electron chi connectivity index (χ4n) is 3.64. The van der Waals surface area contributed by atoms with Crippen LogP contribution in [0, 0.1) is 5.92 Å². The lowest BCUT2D eigenvalue weighted by Gasteiger charge is -2.47. The zero-order valence-corrected chi connectivity index (χ0v) is 16.8. The van der Waals surface area contributed by atoms with Crippen molar-refractivity contribution in [3.05, 3.63) is 0 Å². The minimum Gasteiger partial charge on any atom is -0.394 e. The molecule has 0 aromatic rings. The van der Waals surface area contributed by atoms with E-state index in [2.05, 4.69) is 10.6 Å². The Morgan fingerprint density at radius 2 is 1.57 bits per heavy atom. The molecule has 0 aromatic carbocycles. The number of amides is 3. The number of aliphatic hydroxyl groups is 4. The molecule has 2 aliphatic rings. The third-order valence-electron chi connectivity index (χ3n) is 5.16. The molecule has 2 rings (SSSR count). The van der Waals surface area contributed by atoms with Crippen LogP contribution in [-0.4, -0.2) is 99.9 Å². The van der Waals surface area contributed by atoms with Crippen LogP contribution in [0.1, 0.15) is 20.8 Å². The lowest BCUT2D eigenvalue weighted by Crippen LogP contribution is -2.70. The minimum absolute atomic E-state index is 0.513. The van der Waals surface area contributed by atoms with Gasteiger partial charge in [0.05, 0.1) is 18.8 Å². The molecule has 3 amide bonds. The Labute approximate surface area is 172 Å². The monoisotopic (exact) mass is 435 g/mol. The van der Waals surface area contributed by atoms with Crippen LogP contribution < -0.4 is 16.4 Å². The molecular weight excluding hydrogens is 406 g/mol. The summed E-state index contributed by atoms with van der Waals surface area (Å²) in [5.41, 5.74) is 5.16. The normalized spacial score (nSPS) is 41.7. The Morgan fingerprint density at radius 3 is 2.07 bits per heavy atom. The maximum atomic E-state index is 11.7. The Kier molecular flexibility index (Phi) is 8.10. The summed E-state index contributed by atoms with van der Waals surface area (Å²) in [4.78, 5) is 34.7. The molecule has 30 heavy (non-hydrogen) atoms. The van der Waals surface area contributed by atoms with Crippen LogP contribution in [0.4, 0.5) is 0 Å². The summed E-state index contributed by atoms with van der Waals surface area (Å²) in [6.45, 7) is 3.26. The zero-order valence-electron chi connectivity index (χ0n) is 16.8. The molecule has 2 saturated heterocycles. The molecule has 10 atom stereocenters. The number of primary amides is 1. The molecule has 0 radical (unpaired) electrons. The molecule has 10 unspecified atom stereocenters. The van der Waals surface area contributed by atoms with Crippen LogP contribution in [0.2, 0.25) is 0 Å². The number of ether oxygens (including phenoxy) is 3. The molecule has 8 N–H and O–H groups in total. The molecule has 0 spiro atoms. The van der Waals surface area contributed by atoms with Gasteiger partial charge in [-0.15, -0.1) is 0 Å². The fraction of sp³-hybridized carbons (Fsp3) is 0.824. The number of aliphatic hydroxyl groups excluding tert-OH is 4. The van der Waals surface area contributed by atoms with Crippen molar-refractivity contribution >= 4 is 17.7 Å². The van der Waals surface area contributed by atoms with E-state index in [1.807, 2.05) is 0 Å². The highest BCUT2D eigenvalue weighted by Crippen LogP contribution is 2.31. The van der Waals surface area contributed by atoms with E-state index in [4.69, 9.17) is 19.9 Å². The van der Waals surface area contributed by atoms with Gasteiger partial charge in [0.1, 0.15) is 24.4 Å². The van der Waals surface area contributed by atoms with E-state index in [9.17, 15) is 34.8 Å². The molecule has 0 aliphatic carbocycles. The summed E-state index contributed by atoms with van der Waals surface area (Å²) in [5, 5.41) is 45.6. The number of rotatable bonds is 6. The second-order valence-corrected chi connectivity index (χ2v) is 7.47. The van der Waals surface area contributed by atoms with Gasteiger partial charge in [-0.05, 0) is 0 Å². The highest BCUT2D eigenvalue weighted by atomic mass is 16.7. The second kappa shape index (κ2) is 9.96.